The van der Waals surface area contributed by atoms with Gasteiger partial charge in [-0.1, -0.05) is 34.3 Å². The molecule has 0 radical (unpaired) electrons. The van der Waals surface area contributed by atoms with Crippen LogP contribution in [0, 0.1) is 4.51 Å². The Morgan fingerprint density at radius 2 is 1.67 bits per heavy atom. The van der Waals surface area contributed by atoms with Crippen molar-refractivity contribution in [3.8, 4) is 0 Å². The van der Waals surface area contributed by atoms with Crippen LogP contribution in [0.2, 0.25) is 0 Å². The van der Waals surface area contributed by atoms with Crippen molar-refractivity contribution in [2.24, 2.45) is 4.99 Å². The van der Waals surface area contributed by atoms with Crippen molar-refractivity contribution in [3.05, 3.63) is 45.3 Å². The first-order valence-corrected chi connectivity index (χ1v) is 16.4. The number of hydrogen-bond donors (Lipinski definition) is 0. The molecule has 0 aromatic heterocycles. The monoisotopic (exact) mass is 576 g/mol. The molecule has 0 bridgehead atoms. The van der Waals surface area contributed by atoms with Gasteiger partial charge in [0, 0.05) is 67.1 Å². The SMILES string of the molecule is CCc1cc(N2CCN(C3CCCC3)CC2)cc2c1N=c1c(CC)cc(N(C)C)cc1=S2I. The molecule has 178 valence electrons. The Kier molecular flexibility index (Phi) is 7.06. The molecule has 2 aromatic carbocycles. The first-order valence-electron chi connectivity index (χ1n) is 12.6. The minimum Gasteiger partial charge on any atom is -0.378 e. The molecule has 0 spiro atoms. The van der Waals surface area contributed by atoms with E-state index >= 15 is 0 Å². The number of hydrogen-bond acceptors (Lipinski definition) is 4. The van der Waals surface area contributed by atoms with E-state index in [9.17, 15) is 0 Å². The molecule has 5 rings (SSSR count). The van der Waals surface area contributed by atoms with Crippen LogP contribution in [0.3, 0.4) is 0 Å². The van der Waals surface area contributed by atoms with Gasteiger partial charge in [0.25, 0.3) is 0 Å². The maximum Gasteiger partial charge on any atom is 0.0809 e. The van der Waals surface area contributed by atoms with E-state index in [0.29, 0.717) is 0 Å². The maximum atomic E-state index is 5.31. The number of rotatable bonds is 5. The predicted octanol–water partition coefficient (Wildman–Crippen LogP) is 6.14. The van der Waals surface area contributed by atoms with E-state index in [1.807, 2.05) is 0 Å². The lowest BCUT2D eigenvalue weighted by Gasteiger charge is -2.39. The second kappa shape index (κ2) is 9.86. The molecule has 2 fully saturated rings. The van der Waals surface area contributed by atoms with Gasteiger partial charge in [0.1, 0.15) is 0 Å². The van der Waals surface area contributed by atoms with Crippen LogP contribution in [0.5, 0.6) is 0 Å². The largest absolute Gasteiger partial charge is 0.378 e. The fourth-order valence-electron chi connectivity index (χ4n) is 5.65. The molecule has 33 heavy (non-hydrogen) atoms. The average molecular weight is 577 g/mol. The lowest BCUT2D eigenvalue weighted by molar-refractivity contribution is 0.187. The van der Waals surface area contributed by atoms with E-state index in [2.05, 4.69) is 88.1 Å². The highest BCUT2D eigenvalue weighted by Gasteiger charge is 2.27. The first-order chi connectivity index (χ1) is 16.0. The highest BCUT2D eigenvalue weighted by atomic mass is 127. The molecule has 1 aliphatic carbocycles. The molecule has 1 saturated carbocycles. The summed E-state index contributed by atoms with van der Waals surface area (Å²) in [5.41, 5.74) is 6.70. The van der Waals surface area contributed by atoms with E-state index in [-0.39, 0.29) is 7.66 Å². The van der Waals surface area contributed by atoms with Gasteiger partial charge in [-0.2, -0.15) is 0 Å². The van der Waals surface area contributed by atoms with Crippen molar-refractivity contribution in [1.29, 1.82) is 0 Å². The number of fused-ring (bicyclic) bond motifs is 2. The van der Waals surface area contributed by atoms with E-state index in [4.69, 9.17) is 4.99 Å². The quantitative estimate of drug-likeness (QED) is 0.316. The molecule has 2 heterocycles. The molecular weight excluding hydrogens is 539 g/mol. The average Bonchev–Trinajstić information content (AvgIpc) is 3.38. The minimum atomic E-state index is -0.00180. The van der Waals surface area contributed by atoms with Gasteiger partial charge in [-0.3, -0.25) is 4.90 Å². The molecule has 1 atom stereocenters. The van der Waals surface area contributed by atoms with Crippen molar-refractivity contribution < 1.29 is 0 Å². The molecule has 1 unspecified atom stereocenters. The van der Waals surface area contributed by atoms with Gasteiger partial charge >= 0.3 is 0 Å². The number of anilines is 2. The summed E-state index contributed by atoms with van der Waals surface area (Å²) in [5, 5.41) is 1.22. The van der Waals surface area contributed by atoms with Gasteiger partial charge in [-0.05, 0) is 82.3 Å². The third kappa shape index (κ3) is 4.47. The van der Waals surface area contributed by atoms with Gasteiger partial charge in [-0.25, -0.2) is 4.99 Å². The standard InChI is InChI=1S/C27H37IN4S/c1-5-19-15-22(30(3)4)17-24-26(19)29-27-20(6-2)16-23(18-25(27)33(24)28)32-13-11-31(12-14-32)21-9-7-8-10-21/h15-18,21H,5-14H2,1-4H3. The Hall–Kier alpha value is -1.12. The number of nitrogens with zero attached hydrogens (tertiary/aromatic N) is 4. The van der Waals surface area contributed by atoms with Gasteiger partial charge < -0.3 is 9.80 Å². The molecule has 6 heteroatoms. The van der Waals surface area contributed by atoms with Gasteiger partial charge in [-0.15, -0.1) is 0 Å². The molecule has 0 amide bonds. The number of halogens is 1. The summed E-state index contributed by atoms with van der Waals surface area (Å²) in [5.74, 6) is 0. The second-order valence-corrected chi connectivity index (χ2v) is 13.9. The molecule has 2 aliphatic heterocycles. The summed E-state index contributed by atoms with van der Waals surface area (Å²) in [6.45, 7) is 9.23. The maximum absolute atomic E-state index is 5.31. The first kappa shape index (κ1) is 23.6. The highest BCUT2D eigenvalue weighted by molar-refractivity contribution is 14.2. The molecule has 0 N–H and O–H groups in total. The van der Waals surface area contributed by atoms with E-state index < -0.39 is 0 Å². The minimum absolute atomic E-state index is 0.00180. The fraction of sp³-hybridized carbons (Fsp3) is 0.556. The van der Waals surface area contributed by atoms with Gasteiger partial charge in [0.05, 0.1) is 11.0 Å². The van der Waals surface area contributed by atoms with Crippen LogP contribution in [0.15, 0.2) is 34.2 Å². The van der Waals surface area contributed by atoms with Crippen molar-refractivity contribution in [2.45, 2.75) is 63.3 Å². The topological polar surface area (TPSA) is 22.1 Å². The lowest BCUT2D eigenvalue weighted by atomic mass is 10.1. The lowest BCUT2D eigenvalue weighted by Crippen LogP contribution is -2.49. The summed E-state index contributed by atoms with van der Waals surface area (Å²) in [4.78, 5) is 14.3. The molecule has 3 aliphatic rings. The van der Waals surface area contributed by atoms with Crippen LogP contribution in [0.4, 0.5) is 17.1 Å². The Balaban J connectivity index is 1.53. The molecular formula is C27H37IN4S. The second-order valence-electron chi connectivity index (χ2n) is 9.83. The predicted molar refractivity (Wildman–Crippen MR) is 152 cm³/mol. The zero-order valence-electron chi connectivity index (χ0n) is 20.5. The number of aryl methyl sites for hydroxylation is 2. The normalized spacial score (nSPS) is 21.0. The fourth-order valence-corrected chi connectivity index (χ4v) is 9.04. The Bertz CT molecular complexity index is 1160. The highest BCUT2D eigenvalue weighted by Crippen LogP contribution is 2.48. The van der Waals surface area contributed by atoms with E-state index in [1.54, 1.807) is 0 Å². The van der Waals surface area contributed by atoms with Crippen LogP contribution in [-0.2, 0) is 12.8 Å². The smallest absolute Gasteiger partial charge is 0.0809 e. The summed E-state index contributed by atoms with van der Waals surface area (Å²) in [6, 6.07) is 10.4. The zero-order chi connectivity index (χ0) is 23.1. The summed E-state index contributed by atoms with van der Waals surface area (Å²) >= 11 is 2.68. The Morgan fingerprint density at radius 1 is 0.970 bits per heavy atom. The van der Waals surface area contributed by atoms with E-state index in [1.165, 1.54) is 81.7 Å². The van der Waals surface area contributed by atoms with Crippen molar-refractivity contribution in [1.82, 2.24) is 4.90 Å². The molecule has 2 aromatic rings. The van der Waals surface area contributed by atoms with Gasteiger partial charge in [0.2, 0.25) is 0 Å². The molecule has 1 saturated heterocycles. The third-order valence-electron chi connectivity index (χ3n) is 7.69. The van der Waals surface area contributed by atoms with E-state index in [0.717, 1.165) is 32.0 Å². The van der Waals surface area contributed by atoms with Crippen LogP contribution < -0.4 is 15.2 Å². The van der Waals surface area contributed by atoms with Crippen molar-refractivity contribution >= 4 is 45.9 Å². The Labute approximate surface area is 213 Å². The summed E-state index contributed by atoms with van der Waals surface area (Å²) in [6.07, 6.45) is 7.71. The summed E-state index contributed by atoms with van der Waals surface area (Å²) in [7, 11) is 4.27. The van der Waals surface area contributed by atoms with Crippen LogP contribution in [0.25, 0.3) is 0 Å². The summed E-state index contributed by atoms with van der Waals surface area (Å²) < 4.78 is 1.40. The van der Waals surface area contributed by atoms with Crippen molar-refractivity contribution in [2.75, 3.05) is 50.1 Å². The van der Waals surface area contributed by atoms with Crippen LogP contribution in [-0.4, -0.2) is 51.2 Å². The Morgan fingerprint density at radius 3 is 2.30 bits per heavy atom. The van der Waals surface area contributed by atoms with Crippen LogP contribution in [0.1, 0.15) is 50.7 Å². The van der Waals surface area contributed by atoms with Crippen molar-refractivity contribution in [3.63, 3.8) is 0 Å². The molecule has 4 nitrogen and oxygen atoms in total. The zero-order valence-corrected chi connectivity index (χ0v) is 23.5. The van der Waals surface area contributed by atoms with Crippen LogP contribution >= 0.6 is 28.9 Å². The van der Waals surface area contributed by atoms with Gasteiger partial charge in [0.15, 0.2) is 0 Å². The number of benzene rings is 2. The third-order valence-corrected chi connectivity index (χ3v) is 11.9. The number of piperazine rings is 1.